The van der Waals surface area contributed by atoms with Crippen LogP contribution in [-0.2, 0) is 0 Å². The third-order valence-electron chi connectivity index (χ3n) is 1.59. The van der Waals surface area contributed by atoms with Gasteiger partial charge in [0.25, 0.3) is 0 Å². The minimum absolute atomic E-state index is 0.462. The fraction of sp³-hybridized carbons (Fsp3) is 0. The zero-order chi connectivity index (χ0) is 9.64. The molecule has 0 aliphatic carbocycles. The predicted molar refractivity (Wildman–Crippen MR) is 53.5 cm³/mol. The number of pyridine rings is 1. The molecular formula is C10H8N4. The average molecular weight is 184 g/mol. The molecule has 4 nitrogen and oxygen atoms in total. The van der Waals surface area contributed by atoms with Gasteiger partial charge in [0.1, 0.15) is 0 Å². The second kappa shape index (κ2) is 4.23. The Morgan fingerprint density at radius 2 is 1.71 bits per heavy atom. The van der Waals surface area contributed by atoms with Crippen LogP contribution >= 0.6 is 0 Å². The Morgan fingerprint density at radius 1 is 1.00 bits per heavy atom. The fourth-order valence-electron chi connectivity index (χ4n) is 0.940. The lowest BCUT2D eigenvalue weighted by atomic mass is 10.3. The third-order valence-corrected chi connectivity index (χ3v) is 1.59. The number of nitrogens with zero attached hydrogens (tertiary/aromatic N) is 4. The molecule has 4 heteroatoms. The molecule has 0 amide bonds. The maximum atomic E-state index is 4.10. The SMILES string of the molecule is C(=N\c1ncccn1)/c1ccncc1. The summed E-state index contributed by atoms with van der Waals surface area (Å²) in [5.41, 5.74) is 0.979. The normalized spacial score (nSPS) is 10.6. The second-order valence-electron chi connectivity index (χ2n) is 2.59. The zero-order valence-corrected chi connectivity index (χ0v) is 7.41. The van der Waals surface area contributed by atoms with Gasteiger partial charge < -0.3 is 0 Å². The van der Waals surface area contributed by atoms with Gasteiger partial charge in [-0.1, -0.05) is 0 Å². The van der Waals surface area contributed by atoms with Gasteiger partial charge in [0.15, 0.2) is 0 Å². The highest BCUT2D eigenvalue weighted by molar-refractivity contribution is 5.80. The quantitative estimate of drug-likeness (QED) is 0.666. The van der Waals surface area contributed by atoms with Crippen molar-refractivity contribution in [2.24, 2.45) is 4.99 Å². The van der Waals surface area contributed by atoms with Crippen LogP contribution in [0.2, 0.25) is 0 Å². The Morgan fingerprint density at radius 3 is 2.43 bits per heavy atom. The van der Waals surface area contributed by atoms with Crippen LogP contribution in [0.15, 0.2) is 48.0 Å². The maximum absolute atomic E-state index is 4.10. The average Bonchev–Trinajstić information content (AvgIpc) is 2.29. The highest BCUT2D eigenvalue weighted by Gasteiger charge is 1.88. The van der Waals surface area contributed by atoms with E-state index in [1.54, 1.807) is 37.1 Å². The van der Waals surface area contributed by atoms with Crippen LogP contribution in [0.3, 0.4) is 0 Å². The molecule has 0 fully saturated rings. The minimum atomic E-state index is 0.462. The molecule has 2 heterocycles. The van der Waals surface area contributed by atoms with E-state index in [0.29, 0.717) is 5.95 Å². The van der Waals surface area contributed by atoms with E-state index < -0.39 is 0 Å². The lowest BCUT2D eigenvalue weighted by Crippen LogP contribution is -1.82. The first kappa shape index (κ1) is 8.50. The molecule has 2 rings (SSSR count). The summed E-state index contributed by atoms with van der Waals surface area (Å²) in [5.74, 6) is 0.462. The zero-order valence-electron chi connectivity index (χ0n) is 7.41. The maximum Gasteiger partial charge on any atom is 0.249 e. The largest absolute Gasteiger partial charge is 0.265 e. The smallest absolute Gasteiger partial charge is 0.249 e. The summed E-state index contributed by atoms with van der Waals surface area (Å²) in [6.45, 7) is 0. The molecule has 0 spiro atoms. The summed E-state index contributed by atoms with van der Waals surface area (Å²) in [7, 11) is 0. The van der Waals surface area contributed by atoms with Crippen molar-refractivity contribution in [3.63, 3.8) is 0 Å². The van der Waals surface area contributed by atoms with Crippen molar-refractivity contribution in [2.45, 2.75) is 0 Å². The molecule has 2 aromatic heterocycles. The standard InChI is InChI=1S/C10H8N4/c1-4-12-10(13-5-1)14-8-9-2-6-11-7-3-9/h1-8H/b14-8+. The van der Waals surface area contributed by atoms with Crippen LogP contribution in [0.1, 0.15) is 5.56 Å². The van der Waals surface area contributed by atoms with Gasteiger partial charge >= 0.3 is 0 Å². The summed E-state index contributed by atoms with van der Waals surface area (Å²) in [6.07, 6.45) is 8.45. The highest BCUT2D eigenvalue weighted by atomic mass is 15.0. The summed E-state index contributed by atoms with van der Waals surface area (Å²) in [5, 5.41) is 0. The van der Waals surface area contributed by atoms with Gasteiger partial charge in [0.05, 0.1) is 0 Å². The first-order valence-corrected chi connectivity index (χ1v) is 4.16. The highest BCUT2D eigenvalue weighted by Crippen LogP contribution is 2.00. The van der Waals surface area contributed by atoms with Crippen LogP contribution in [0.5, 0.6) is 0 Å². The molecule has 68 valence electrons. The molecule has 0 bridgehead atoms. The monoisotopic (exact) mass is 184 g/mol. The van der Waals surface area contributed by atoms with Crippen LogP contribution in [-0.4, -0.2) is 21.2 Å². The molecule has 0 aromatic carbocycles. The Labute approximate surface area is 81.4 Å². The van der Waals surface area contributed by atoms with Crippen LogP contribution in [0.25, 0.3) is 0 Å². The summed E-state index contributed by atoms with van der Waals surface area (Å²) in [6, 6.07) is 5.49. The second-order valence-corrected chi connectivity index (χ2v) is 2.59. The van der Waals surface area contributed by atoms with Gasteiger partial charge in [-0.05, 0) is 23.8 Å². The molecule has 14 heavy (non-hydrogen) atoms. The summed E-state index contributed by atoms with van der Waals surface area (Å²) >= 11 is 0. The van der Waals surface area contributed by atoms with E-state index in [9.17, 15) is 0 Å². The molecule has 0 atom stereocenters. The molecule has 0 saturated carbocycles. The van der Waals surface area contributed by atoms with E-state index in [4.69, 9.17) is 0 Å². The van der Waals surface area contributed by atoms with E-state index in [1.165, 1.54) is 0 Å². The van der Waals surface area contributed by atoms with Crippen molar-refractivity contribution < 1.29 is 0 Å². The van der Waals surface area contributed by atoms with Gasteiger partial charge in [-0.25, -0.2) is 15.0 Å². The number of hydrogen-bond acceptors (Lipinski definition) is 4. The third kappa shape index (κ3) is 2.20. The molecule has 0 aliphatic rings. The predicted octanol–water partition coefficient (Wildman–Crippen LogP) is 1.62. The van der Waals surface area contributed by atoms with E-state index >= 15 is 0 Å². The number of hydrogen-bond donors (Lipinski definition) is 0. The molecule has 0 aliphatic heterocycles. The van der Waals surface area contributed by atoms with Crippen molar-refractivity contribution >= 4 is 12.2 Å². The van der Waals surface area contributed by atoms with E-state index in [-0.39, 0.29) is 0 Å². The van der Waals surface area contributed by atoms with Crippen molar-refractivity contribution in [1.29, 1.82) is 0 Å². The van der Waals surface area contributed by atoms with Crippen molar-refractivity contribution in [3.8, 4) is 0 Å². The summed E-state index contributed by atoms with van der Waals surface area (Å²) in [4.78, 5) is 15.9. The lowest BCUT2D eigenvalue weighted by molar-refractivity contribution is 1.14. The Balaban J connectivity index is 2.16. The molecule has 2 aromatic rings. The molecule has 0 radical (unpaired) electrons. The fourth-order valence-corrected chi connectivity index (χ4v) is 0.940. The minimum Gasteiger partial charge on any atom is -0.265 e. The Kier molecular flexibility index (Phi) is 2.56. The number of aliphatic imine (C=N–C) groups is 1. The Hall–Kier alpha value is -2.10. The van der Waals surface area contributed by atoms with Crippen molar-refractivity contribution in [2.75, 3.05) is 0 Å². The lowest BCUT2D eigenvalue weighted by Gasteiger charge is -1.90. The first-order chi connectivity index (χ1) is 6.95. The first-order valence-electron chi connectivity index (χ1n) is 4.16. The van der Waals surface area contributed by atoms with Gasteiger partial charge in [-0.2, -0.15) is 0 Å². The number of rotatable bonds is 2. The molecule has 0 unspecified atom stereocenters. The van der Waals surface area contributed by atoms with Gasteiger partial charge in [-0.3, -0.25) is 4.98 Å². The van der Waals surface area contributed by atoms with Crippen LogP contribution in [0, 0.1) is 0 Å². The topological polar surface area (TPSA) is 51.0 Å². The van der Waals surface area contributed by atoms with E-state index in [0.717, 1.165) is 5.56 Å². The van der Waals surface area contributed by atoms with Gasteiger partial charge in [-0.15, -0.1) is 0 Å². The van der Waals surface area contributed by atoms with Gasteiger partial charge in [0.2, 0.25) is 5.95 Å². The van der Waals surface area contributed by atoms with Crippen molar-refractivity contribution in [3.05, 3.63) is 48.5 Å². The van der Waals surface area contributed by atoms with Crippen LogP contribution < -0.4 is 0 Å². The van der Waals surface area contributed by atoms with Gasteiger partial charge in [0, 0.05) is 31.0 Å². The van der Waals surface area contributed by atoms with E-state index in [2.05, 4.69) is 19.9 Å². The number of aromatic nitrogens is 3. The molecule has 0 N–H and O–H groups in total. The van der Waals surface area contributed by atoms with Crippen LogP contribution in [0.4, 0.5) is 5.95 Å². The summed E-state index contributed by atoms with van der Waals surface area (Å²) < 4.78 is 0. The van der Waals surface area contributed by atoms with Crippen molar-refractivity contribution in [1.82, 2.24) is 15.0 Å². The molecular weight excluding hydrogens is 176 g/mol. The molecule has 0 saturated heterocycles. The van der Waals surface area contributed by atoms with E-state index in [1.807, 2.05) is 12.1 Å². The Bertz CT molecular complexity index is 369.